The van der Waals surface area contributed by atoms with Crippen LogP contribution >= 0.6 is 0 Å². The van der Waals surface area contributed by atoms with Crippen molar-refractivity contribution in [2.24, 2.45) is 0 Å². The summed E-state index contributed by atoms with van der Waals surface area (Å²) in [6.07, 6.45) is 5.84. The molecule has 0 saturated carbocycles. The molecule has 2 aliphatic rings. The van der Waals surface area contributed by atoms with Crippen LogP contribution in [-0.2, 0) is 32.2 Å². The maximum absolute atomic E-state index is 9.53. The first-order chi connectivity index (χ1) is 12.2. The van der Waals surface area contributed by atoms with Crippen molar-refractivity contribution in [1.29, 1.82) is 0 Å². The van der Waals surface area contributed by atoms with E-state index in [1.54, 1.807) is 12.1 Å². The van der Waals surface area contributed by atoms with Crippen LogP contribution in [0.15, 0.2) is 18.2 Å². The Balaban J connectivity index is 1.59. The Labute approximate surface area is 149 Å². The number of benzene rings is 1. The molecule has 2 aliphatic heterocycles. The highest BCUT2D eigenvalue weighted by atomic mass is 16.7. The van der Waals surface area contributed by atoms with Crippen LogP contribution in [-0.4, -0.2) is 43.0 Å². The fraction of sp³-hybridized carbons (Fsp3) is 0.667. The second kappa shape index (κ2) is 9.66. The van der Waals surface area contributed by atoms with E-state index in [-0.39, 0.29) is 12.6 Å². The summed E-state index contributed by atoms with van der Waals surface area (Å²) in [5.41, 5.74) is 2.19. The van der Waals surface area contributed by atoms with Gasteiger partial charge in [-0.15, -0.1) is 0 Å². The van der Waals surface area contributed by atoms with Crippen molar-refractivity contribution in [2.45, 2.75) is 64.3 Å². The molecule has 1 aromatic rings. The fourth-order valence-corrected chi connectivity index (χ4v) is 3.17. The summed E-state index contributed by atoms with van der Waals surface area (Å²) in [6, 6.07) is 5.46. The van der Waals surface area contributed by atoms with Crippen LogP contribution in [0.5, 0.6) is 0 Å². The summed E-state index contributed by atoms with van der Waals surface area (Å²) in [7, 11) is -1.52. The van der Waals surface area contributed by atoms with Gasteiger partial charge in [-0.3, -0.25) is 0 Å². The molecule has 7 heteroatoms. The van der Waals surface area contributed by atoms with E-state index in [1.165, 1.54) is 0 Å². The summed E-state index contributed by atoms with van der Waals surface area (Å²) in [6.45, 7) is 2.22. The van der Waals surface area contributed by atoms with Gasteiger partial charge in [0.1, 0.15) is 0 Å². The molecule has 0 aromatic heterocycles. The Hall–Kier alpha value is -0.955. The van der Waals surface area contributed by atoms with Crippen molar-refractivity contribution in [3.05, 3.63) is 29.3 Å². The smallest absolute Gasteiger partial charge is 0.423 e. The third-order valence-corrected chi connectivity index (χ3v) is 4.52. The van der Waals surface area contributed by atoms with Gasteiger partial charge in [0.2, 0.25) is 0 Å². The van der Waals surface area contributed by atoms with Gasteiger partial charge in [0.05, 0.1) is 13.2 Å². The monoisotopic (exact) mass is 350 g/mol. The van der Waals surface area contributed by atoms with Gasteiger partial charge in [0.15, 0.2) is 12.6 Å². The number of hydrogen-bond acceptors (Lipinski definition) is 6. The predicted molar refractivity (Wildman–Crippen MR) is 93.0 cm³/mol. The van der Waals surface area contributed by atoms with Crippen LogP contribution in [0.1, 0.15) is 49.7 Å². The number of hydrogen-bond donors (Lipinski definition) is 2. The summed E-state index contributed by atoms with van der Waals surface area (Å²) in [5.74, 6) is 0. The van der Waals surface area contributed by atoms with Crippen LogP contribution in [0.3, 0.4) is 0 Å². The van der Waals surface area contributed by atoms with E-state index in [4.69, 9.17) is 18.9 Å². The maximum Gasteiger partial charge on any atom is 0.488 e. The van der Waals surface area contributed by atoms with Crippen molar-refractivity contribution < 1.29 is 29.0 Å². The Morgan fingerprint density at radius 1 is 0.840 bits per heavy atom. The van der Waals surface area contributed by atoms with Gasteiger partial charge >= 0.3 is 7.12 Å². The van der Waals surface area contributed by atoms with E-state index in [1.807, 2.05) is 6.07 Å². The van der Waals surface area contributed by atoms with E-state index in [0.29, 0.717) is 18.7 Å². The van der Waals surface area contributed by atoms with Crippen molar-refractivity contribution in [2.75, 3.05) is 13.2 Å². The average molecular weight is 350 g/mol. The molecule has 0 amide bonds. The molecular formula is C18H27BO6. The van der Waals surface area contributed by atoms with E-state index in [0.717, 1.165) is 62.9 Å². The van der Waals surface area contributed by atoms with Gasteiger partial charge in [-0.25, -0.2) is 0 Å². The van der Waals surface area contributed by atoms with E-state index in [2.05, 4.69) is 0 Å². The quantitative estimate of drug-likeness (QED) is 0.725. The Morgan fingerprint density at radius 3 is 1.76 bits per heavy atom. The zero-order valence-electron chi connectivity index (χ0n) is 14.6. The highest BCUT2D eigenvalue weighted by molar-refractivity contribution is 6.58. The van der Waals surface area contributed by atoms with Crippen LogP contribution in [0.4, 0.5) is 0 Å². The van der Waals surface area contributed by atoms with Gasteiger partial charge in [0, 0.05) is 13.2 Å². The van der Waals surface area contributed by atoms with Crippen LogP contribution < -0.4 is 5.46 Å². The number of rotatable bonds is 7. The molecule has 0 unspecified atom stereocenters. The van der Waals surface area contributed by atoms with Gasteiger partial charge in [-0.05, 0) is 55.1 Å². The predicted octanol–water partition coefficient (Wildman–Crippen LogP) is 1.45. The first kappa shape index (κ1) is 18.8. The minimum absolute atomic E-state index is 0.174. The molecule has 2 heterocycles. The second-order valence-corrected chi connectivity index (χ2v) is 6.67. The average Bonchev–Trinajstić information content (AvgIpc) is 2.66. The lowest BCUT2D eigenvalue weighted by atomic mass is 9.78. The summed E-state index contributed by atoms with van der Waals surface area (Å²) >= 11 is 0. The molecule has 2 N–H and O–H groups in total. The molecule has 0 radical (unpaired) electrons. The first-order valence-electron chi connectivity index (χ1n) is 9.16. The molecule has 25 heavy (non-hydrogen) atoms. The maximum atomic E-state index is 9.53. The topological polar surface area (TPSA) is 77.4 Å². The fourth-order valence-electron chi connectivity index (χ4n) is 3.17. The Kier molecular flexibility index (Phi) is 7.28. The summed E-state index contributed by atoms with van der Waals surface area (Å²) < 4.78 is 22.7. The molecule has 2 saturated heterocycles. The van der Waals surface area contributed by atoms with Crippen LogP contribution in [0.25, 0.3) is 0 Å². The first-order valence-corrected chi connectivity index (χ1v) is 9.16. The minimum Gasteiger partial charge on any atom is -0.423 e. The molecule has 2 fully saturated rings. The third kappa shape index (κ3) is 6.06. The van der Waals surface area contributed by atoms with Gasteiger partial charge < -0.3 is 29.0 Å². The van der Waals surface area contributed by atoms with Crippen LogP contribution in [0.2, 0.25) is 0 Å². The summed E-state index contributed by atoms with van der Waals surface area (Å²) in [5, 5.41) is 19.1. The lowest BCUT2D eigenvalue weighted by Gasteiger charge is -2.24. The Bertz CT molecular complexity index is 486. The lowest BCUT2D eigenvalue weighted by molar-refractivity contribution is -0.169. The summed E-state index contributed by atoms with van der Waals surface area (Å²) in [4.78, 5) is 0. The largest absolute Gasteiger partial charge is 0.488 e. The number of ether oxygens (including phenoxy) is 4. The van der Waals surface area contributed by atoms with E-state index >= 15 is 0 Å². The van der Waals surface area contributed by atoms with E-state index < -0.39 is 7.12 Å². The van der Waals surface area contributed by atoms with Crippen molar-refractivity contribution >= 4 is 12.6 Å². The molecule has 2 atom stereocenters. The van der Waals surface area contributed by atoms with Crippen molar-refractivity contribution in [3.63, 3.8) is 0 Å². The molecule has 3 rings (SSSR count). The highest BCUT2D eigenvalue weighted by Crippen LogP contribution is 2.18. The van der Waals surface area contributed by atoms with Crippen molar-refractivity contribution in [1.82, 2.24) is 0 Å². The van der Waals surface area contributed by atoms with Crippen molar-refractivity contribution in [3.8, 4) is 0 Å². The van der Waals surface area contributed by atoms with E-state index in [9.17, 15) is 10.0 Å². The minimum atomic E-state index is -1.52. The molecule has 6 nitrogen and oxygen atoms in total. The normalized spacial score (nSPS) is 24.2. The zero-order chi connectivity index (χ0) is 17.5. The SMILES string of the molecule is OB(O)c1cc(CO[C@@H]2CCCCO2)cc(CO[C@@H]2CCCCO2)c1. The third-order valence-electron chi connectivity index (χ3n) is 4.52. The molecule has 0 bridgehead atoms. The second-order valence-electron chi connectivity index (χ2n) is 6.67. The molecular weight excluding hydrogens is 323 g/mol. The van der Waals surface area contributed by atoms with Gasteiger partial charge in [-0.1, -0.05) is 18.2 Å². The Morgan fingerprint density at radius 2 is 1.36 bits per heavy atom. The van der Waals surface area contributed by atoms with Gasteiger partial charge in [0.25, 0.3) is 0 Å². The van der Waals surface area contributed by atoms with Gasteiger partial charge in [-0.2, -0.15) is 0 Å². The molecule has 1 aromatic carbocycles. The van der Waals surface area contributed by atoms with Crippen LogP contribution in [0, 0.1) is 0 Å². The lowest BCUT2D eigenvalue weighted by Crippen LogP contribution is -2.31. The molecule has 0 spiro atoms. The molecule has 138 valence electrons. The molecule has 0 aliphatic carbocycles. The highest BCUT2D eigenvalue weighted by Gasteiger charge is 2.18. The standard InChI is InChI=1S/C18H27BO6/c20-19(21)16-10-14(12-24-17-5-1-3-7-22-17)9-15(11-16)13-25-18-6-2-4-8-23-18/h9-11,17-18,20-21H,1-8,12-13H2/t17-,18-/m1/s1. The zero-order valence-corrected chi connectivity index (χ0v) is 14.6.